The molecule has 0 radical (unpaired) electrons. The van der Waals surface area contributed by atoms with Gasteiger partial charge in [0.1, 0.15) is 11.6 Å². The maximum absolute atomic E-state index is 13.7. The lowest BCUT2D eigenvalue weighted by Crippen LogP contribution is -2.20. The first-order valence-electron chi connectivity index (χ1n) is 7.89. The normalized spacial score (nSPS) is 10.8. The molecule has 0 spiro atoms. The summed E-state index contributed by atoms with van der Waals surface area (Å²) in [5, 5.41) is 1.90. The van der Waals surface area contributed by atoms with E-state index in [0.717, 1.165) is 30.5 Å². The second-order valence-electron chi connectivity index (χ2n) is 4.87. The summed E-state index contributed by atoms with van der Waals surface area (Å²) in [5.74, 6) is -3.27. The van der Waals surface area contributed by atoms with Crippen LogP contribution < -0.4 is 5.32 Å². The number of nitrogens with zero attached hydrogens (tertiary/aromatic N) is 3. The van der Waals surface area contributed by atoms with Gasteiger partial charge in [0.05, 0.1) is 11.1 Å². The Morgan fingerprint density at radius 2 is 1.71 bits per heavy atom. The lowest BCUT2D eigenvalue weighted by molar-refractivity contribution is -0.141. The van der Waals surface area contributed by atoms with Gasteiger partial charge in [0.15, 0.2) is 11.5 Å². The molecule has 3 rings (SSSR count). The van der Waals surface area contributed by atoms with Crippen molar-refractivity contribution < 1.29 is 26.7 Å². The summed E-state index contributed by atoms with van der Waals surface area (Å²) in [7, 11) is 0. The number of carbonyl (C=O) groups is 1. The van der Waals surface area contributed by atoms with Gasteiger partial charge in [-0.25, -0.2) is 8.78 Å². The minimum Gasteiger partial charge on any atom is -0.297 e. The van der Waals surface area contributed by atoms with Gasteiger partial charge < -0.3 is 0 Å². The highest BCUT2D eigenvalue weighted by Gasteiger charge is 2.37. The van der Waals surface area contributed by atoms with Crippen molar-refractivity contribution in [1.82, 2.24) is 14.3 Å². The summed E-state index contributed by atoms with van der Waals surface area (Å²) in [5.41, 5.74) is -2.57. The molecule has 0 fully saturated rings. The molecule has 0 bridgehead atoms. The van der Waals surface area contributed by atoms with E-state index in [0.29, 0.717) is 11.5 Å². The number of hydrogen-bond donors (Lipinski definition) is 1. The molecule has 3 aromatic rings. The van der Waals surface area contributed by atoms with Gasteiger partial charge in [0, 0.05) is 17.7 Å². The van der Waals surface area contributed by atoms with Crippen LogP contribution in [0, 0.1) is 11.6 Å². The lowest BCUT2D eigenvalue weighted by atomic mass is 10.1. The molecule has 0 atom stereocenters. The van der Waals surface area contributed by atoms with Gasteiger partial charge in [-0.3, -0.25) is 15.1 Å². The van der Waals surface area contributed by atoms with Crippen LogP contribution in [0.4, 0.5) is 27.1 Å². The maximum atomic E-state index is 13.7. The van der Waals surface area contributed by atoms with Gasteiger partial charge in [0.25, 0.3) is 5.91 Å². The Bertz CT molecular complexity index is 954. The van der Waals surface area contributed by atoms with E-state index in [4.69, 9.17) is 0 Å². The molecule has 148 valence electrons. The van der Waals surface area contributed by atoms with Crippen molar-refractivity contribution in [3.05, 3.63) is 59.4 Å². The van der Waals surface area contributed by atoms with E-state index >= 15 is 0 Å². The number of alkyl halides is 3. The Kier molecular flexibility index (Phi) is 6.73. The van der Waals surface area contributed by atoms with E-state index in [2.05, 4.69) is 19.7 Å². The third-order valence-electron chi connectivity index (χ3n) is 3.15. The minimum absolute atomic E-state index is 0.218. The van der Waals surface area contributed by atoms with Gasteiger partial charge in [-0.05, 0) is 24.3 Å². The molecule has 0 aliphatic rings. The zero-order valence-corrected chi connectivity index (χ0v) is 15.3. The van der Waals surface area contributed by atoms with E-state index in [1.165, 1.54) is 6.07 Å². The Labute approximate surface area is 160 Å². The molecule has 2 aromatic heterocycles. The number of carbonyl (C=O) groups excluding carboxylic acids is 1. The summed E-state index contributed by atoms with van der Waals surface area (Å²) in [6.45, 7) is 4.00. The van der Waals surface area contributed by atoms with Crippen LogP contribution >= 0.6 is 11.5 Å². The van der Waals surface area contributed by atoms with Crippen molar-refractivity contribution in [2.24, 2.45) is 0 Å². The molecule has 1 amide bonds. The monoisotopic (exact) mass is 416 g/mol. The number of rotatable bonds is 3. The zero-order valence-electron chi connectivity index (χ0n) is 14.5. The van der Waals surface area contributed by atoms with Crippen LogP contribution in [0.15, 0.2) is 36.5 Å². The van der Waals surface area contributed by atoms with Crippen LogP contribution in [0.2, 0.25) is 0 Å². The molecule has 5 nitrogen and oxygen atoms in total. The smallest absolute Gasteiger partial charge is 0.297 e. The summed E-state index contributed by atoms with van der Waals surface area (Å²) in [4.78, 5) is 19.0. The Morgan fingerprint density at radius 3 is 2.32 bits per heavy atom. The van der Waals surface area contributed by atoms with Crippen LogP contribution in [-0.4, -0.2) is 20.2 Å². The molecule has 0 saturated carbocycles. The number of nitrogens with one attached hydrogen (secondary N) is 1. The van der Waals surface area contributed by atoms with Crippen LogP contribution in [0.25, 0.3) is 11.4 Å². The van der Waals surface area contributed by atoms with Crippen molar-refractivity contribution >= 4 is 22.6 Å². The van der Waals surface area contributed by atoms with Crippen molar-refractivity contribution in [3.63, 3.8) is 0 Å². The maximum Gasteiger partial charge on any atom is 0.434 e. The summed E-state index contributed by atoms with van der Waals surface area (Å²) in [6, 6.07) is 5.28. The van der Waals surface area contributed by atoms with Crippen molar-refractivity contribution in [2.75, 3.05) is 5.32 Å². The Morgan fingerprint density at radius 1 is 1.07 bits per heavy atom. The summed E-state index contributed by atoms with van der Waals surface area (Å²) in [6.07, 6.45) is -3.92. The van der Waals surface area contributed by atoms with Gasteiger partial charge in [0.2, 0.25) is 5.13 Å². The van der Waals surface area contributed by atoms with Crippen LogP contribution in [0.3, 0.4) is 0 Å². The molecule has 2 heterocycles. The van der Waals surface area contributed by atoms with Gasteiger partial charge in [-0.2, -0.15) is 22.5 Å². The molecular formula is C17H13F5N4OS. The lowest BCUT2D eigenvalue weighted by Gasteiger charge is -2.10. The fourth-order valence-electron chi connectivity index (χ4n) is 2.07. The molecule has 0 saturated heterocycles. The summed E-state index contributed by atoms with van der Waals surface area (Å²) < 4.78 is 69.9. The standard InChI is InChI=1S/C15H7F5N4OS.C2H6/c16-8-4-1-5-9(17)10(8)12-22-14(26-24-12)23-13(25)7-3-2-6-21-11(7)15(18,19)20;1-2/h1-6H,(H,22,23,24,25);1-2H3. The molecule has 1 N–H and O–H groups in total. The highest BCUT2D eigenvalue weighted by atomic mass is 32.1. The number of pyridine rings is 1. The quantitative estimate of drug-likeness (QED) is 0.598. The topological polar surface area (TPSA) is 67.8 Å². The third-order valence-corrected chi connectivity index (χ3v) is 3.78. The second kappa shape index (κ2) is 8.83. The number of anilines is 1. The number of halogens is 5. The van der Waals surface area contributed by atoms with Gasteiger partial charge >= 0.3 is 6.18 Å². The Balaban J connectivity index is 0.00000136. The summed E-state index contributed by atoms with van der Waals surface area (Å²) >= 11 is 0.570. The number of hydrogen-bond acceptors (Lipinski definition) is 5. The van der Waals surface area contributed by atoms with Gasteiger partial charge in [-0.1, -0.05) is 19.9 Å². The van der Waals surface area contributed by atoms with Gasteiger partial charge in [-0.15, -0.1) is 0 Å². The van der Waals surface area contributed by atoms with E-state index in [9.17, 15) is 26.7 Å². The van der Waals surface area contributed by atoms with Crippen LogP contribution in [-0.2, 0) is 6.18 Å². The molecular weight excluding hydrogens is 403 g/mol. The fraction of sp³-hybridized carbons (Fsp3) is 0.176. The predicted molar refractivity (Wildman–Crippen MR) is 93.8 cm³/mol. The first kappa shape index (κ1) is 21.4. The number of benzene rings is 1. The van der Waals surface area contributed by atoms with E-state index in [-0.39, 0.29) is 11.0 Å². The molecule has 11 heteroatoms. The highest BCUT2D eigenvalue weighted by molar-refractivity contribution is 7.10. The molecule has 28 heavy (non-hydrogen) atoms. The average molecular weight is 416 g/mol. The third kappa shape index (κ3) is 4.66. The molecule has 0 unspecified atom stereocenters. The van der Waals surface area contributed by atoms with E-state index in [1.807, 2.05) is 13.8 Å². The fourth-order valence-corrected chi connectivity index (χ4v) is 2.64. The van der Waals surface area contributed by atoms with Crippen molar-refractivity contribution in [1.29, 1.82) is 0 Å². The van der Waals surface area contributed by atoms with E-state index < -0.39 is 40.5 Å². The van der Waals surface area contributed by atoms with Crippen LogP contribution in [0.5, 0.6) is 0 Å². The van der Waals surface area contributed by atoms with E-state index in [1.54, 1.807) is 0 Å². The SMILES string of the molecule is CC.O=C(Nc1nc(-c2c(F)cccc2F)ns1)c1cccnc1C(F)(F)F. The highest BCUT2D eigenvalue weighted by Crippen LogP contribution is 2.31. The van der Waals surface area contributed by atoms with Crippen molar-refractivity contribution in [3.8, 4) is 11.4 Å². The molecule has 1 aromatic carbocycles. The first-order chi connectivity index (χ1) is 13.3. The number of aromatic nitrogens is 3. The van der Waals surface area contributed by atoms with Crippen molar-refractivity contribution in [2.45, 2.75) is 20.0 Å². The molecule has 0 aliphatic carbocycles. The number of amides is 1. The zero-order chi connectivity index (χ0) is 20.9. The second-order valence-corrected chi connectivity index (χ2v) is 5.62. The molecule has 0 aliphatic heterocycles. The average Bonchev–Trinajstić information content (AvgIpc) is 3.10. The van der Waals surface area contributed by atoms with Crippen LogP contribution in [0.1, 0.15) is 29.9 Å². The first-order valence-corrected chi connectivity index (χ1v) is 8.66. The minimum atomic E-state index is -4.82. The predicted octanol–water partition coefficient (Wildman–Crippen LogP) is 5.18. The Hall–Kier alpha value is -2.95. The largest absolute Gasteiger partial charge is 0.434 e.